The lowest BCUT2D eigenvalue weighted by Crippen LogP contribution is -2.43. The summed E-state index contributed by atoms with van der Waals surface area (Å²) < 4.78 is 7.16. The Morgan fingerprint density at radius 3 is 2.56 bits per heavy atom. The summed E-state index contributed by atoms with van der Waals surface area (Å²) >= 11 is 0. The predicted molar refractivity (Wildman–Crippen MR) is 102 cm³/mol. The van der Waals surface area contributed by atoms with Crippen LogP contribution < -0.4 is 10.1 Å². The molecule has 0 spiro atoms. The number of rotatable bonds is 5. The Balaban J connectivity index is 1.62. The van der Waals surface area contributed by atoms with E-state index in [2.05, 4.69) is 21.6 Å². The molecule has 1 N–H and O–H groups in total. The van der Waals surface area contributed by atoms with Crippen molar-refractivity contribution in [2.24, 2.45) is 0 Å². The smallest absolute Gasteiger partial charge is 0.252 e. The van der Waals surface area contributed by atoms with Crippen molar-refractivity contribution in [1.82, 2.24) is 20.1 Å². The molecule has 6 heteroatoms. The maximum absolute atomic E-state index is 13.1. The molecular weight excluding hydrogens is 340 g/mol. The Labute approximate surface area is 158 Å². The van der Waals surface area contributed by atoms with Crippen LogP contribution in [0.3, 0.4) is 0 Å². The molecule has 0 aliphatic heterocycles. The van der Waals surface area contributed by atoms with Crippen molar-refractivity contribution in [3.05, 3.63) is 72.3 Å². The van der Waals surface area contributed by atoms with Crippen LogP contribution in [0.15, 0.2) is 61.2 Å². The average molecular weight is 362 g/mol. The molecule has 1 aliphatic carbocycles. The van der Waals surface area contributed by atoms with Gasteiger partial charge in [0.2, 0.25) is 0 Å². The first-order valence-electron chi connectivity index (χ1n) is 9.12. The van der Waals surface area contributed by atoms with Crippen molar-refractivity contribution < 1.29 is 9.53 Å². The summed E-state index contributed by atoms with van der Waals surface area (Å²) in [6, 6.07) is 15.5. The largest absolute Gasteiger partial charge is 0.497 e. The highest BCUT2D eigenvalue weighted by Crippen LogP contribution is 2.40. The fourth-order valence-electron chi connectivity index (χ4n) is 3.82. The van der Waals surface area contributed by atoms with Crippen molar-refractivity contribution in [2.45, 2.75) is 31.2 Å². The summed E-state index contributed by atoms with van der Waals surface area (Å²) in [7, 11) is 1.66. The van der Waals surface area contributed by atoms with Crippen LogP contribution in [0.5, 0.6) is 5.75 Å². The van der Waals surface area contributed by atoms with Crippen molar-refractivity contribution >= 4 is 5.91 Å². The third-order valence-corrected chi connectivity index (χ3v) is 5.26. The van der Waals surface area contributed by atoms with Crippen molar-refractivity contribution in [3.8, 4) is 11.4 Å². The third kappa shape index (κ3) is 3.43. The predicted octanol–water partition coefficient (Wildman–Crippen LogP) is 3.48. The lowest BCUT2D eigenvalue weighted by atomic mass is 9.87. The molecule has 1 aliphatic rings. The van der Waals surface area contributed by atoms with Crippen molar-refractivity contribution in [3.63, 3.8) is 0 Å². The zero-order valence-electron chi connectivity index (χ0n) is 15.3. The molecule has 1 aromatic heterocycles. The van der Waals surface area contributed by atoms with E-state index in [9.17, 15) is 4.79 Å². The Morgan fingerprint density at radius 2 is 1.81 bits per heavy atom. The zero-order valence-corrected chi connectivity index (χ0v) is 15.3. The van der Waals surface area contributed by atoms with Crippen LogP contribution in [0, 0.1) is 0 Å². The normalized spacial score (nSPS) is 15.4. The van der Waals surface area contributed by atoms with Crippen LogP contribution in [0.25, 0.3) is 5.69 Å². The summed E-state index contributed by atoms with van der Waals surface area (Å²) in [5.41, 5.74) is 2.23. The van der Waals surface area contributed by atoms with Gasteiger partial charge in [0.25, 0.3) is 5.91 Å². The van der Waals surface area contributed by atoms with Crippen LogP contribution in [-0.2, 0) is 5.54 Å². The zero-order chi connectivity index (χ0) is 18.7. The summed E-state index contributed by atoms with van der Waals surface area (Å²) in [4.78, 5) is 13.1. The van der Waals surface area contributed by atoms with E-state index in [0.29, 0.717) is 5.56 Å². The fourth-order valence-corrected chi connectivity index (χ4v) is 3.82. The molecule has 0 atom stereocenters. The van der Waals surface area contributed by atoms with Crippen LogP contribution in [-0.4, -0.2) is 27.8 Å². The second kappa shape index (κ2) is 7.23. The monoisotopic (exact) mass is 362 g/mol. The molecule has 6 nitrogen and oxygen atoms in total. The van der Waals surface area contributed by atoms with E-state index in [-0.39, 0.29) is 11.4 Å². The highest BCUT2D eigenvalue weighted by Gasteiger charge is 2.37. The number of amides is 1. The fraction of sp³-hybridized carbons (Fsp3) is 0.286. The van der Waals surface area contributed by atoms with Gasteiger partial charge < -0.3 is 10.1 Å². The van der Waals surface area contributed by atoms with E-state index in [1.165, 1.54) is 0 Å². The van der Waals surface area contributed by atoms with Gasteiger partial charge in [0.05, 0.1) is 12.6 Å². The van der Waals surface area contributed by atoms with Gasteiger partial charge >= 0.3 is 0 Å². The third-order valence-electron chi connectivity index (χ3n) is 5.26. The van der Waals surface area contributed by atoms with Gasteiger partial charge in [-0.3, -0.25) is 9.36 Å². The van der Waals surface area contributed by atoms with E-state index in [1.54, 1.807) is 24.3 Å². The Kier molecular flexibility index (Phi) is 4.62. The van der Waals surface area contributed by atoms with Crippen LogP contribution in [0.2, 0.25) is 0 Å². The number of nitrogens with zero attached hydrogens (tertiary/aromatic N) is 3. The number of hydrogen-bond donors (Lipinski definition) is 1. The number of ether oxygens (including phenoxy) is 1. The Hall–Kier alpha value is -3.15. The maximum atomic E-state index is 13.1. The average Bonchev–Trinajstić information content (AvgIpc) is 3.41. The number of carbonyl (C=O) groups is 1. The minimum Gasteiger partial charge on any atom is -0.497 e. The number of methoxy groups -OCH3 is 1. The minimum absolute atomic E-state index is 0.0744. The molecule has 1 saturated carbocycles. The Morgan fingerprint density at radius 1 is 1.07 bits per heavy atom. The number of nitrogens with one attached hydrogen (secondary N) is 1. The van der Waals surface area contributed by atoms with E-state index >= 15 is 0 Å². The quantitative estimate of drug-likeness (QED) is 0.754. The van der Waals surface area contributed by atoms with Crippen LogP contribution in [0.4, 0.5) is 0 Å². The van der Waals surface area contributed by atoms with Gasteiger partial charge in [-0.05, 0) is 48.7 Å². The van der Waals surface area contributed by atoms with Gasteiger partial charge in [-0.25, -0.2) is 0 Å². The van der Waals surface area contributed by atoms with Gasteiger partial charge in [0, 0.05) is 11.3 Å². The van der Waals surface area contributed by atoms with E-state index in [4.69, 9.17) is 4.74 Å². The second-order valence-corrected chi connectivity index (χ2v) is 6.89. The number of aromatic nitrogens is 3. The molecule has 4 rings (SSSR count). The van der Waals surface area contributed by atoms with Crippen molar-refractivity contribution in [1.29, 1.82) is 0 Å². The molecule has 0 saturated heterocycles. The van der Waals surface area contributed by atoms with E-state index < -0.39 is 0 Å². The lowest BCUT2D eigenvalue weighted by molar-refractivity contribution is 0.0898. The molecule has 2 aromatic carbocycles. The molecule has 138 valence electrons. The summed E-state index contributed by atoms with van der Waals surface area (Å²) in [5.74, 6) is 0.734. The van der Waals surface area contributed by atoms with Gasteiger partial charge in [0.1, 0.15) is 18.4 Å². The van der Waals surface area contributed by atoms with E-state index in [0.717, 1.165) is 42.7 Å². The summed E-state index contributed by atoms with van der Waals surface area (Å²) in [6.07, 6.45) is 7.28. The highest BCUT2D eigenvalue weighted by molar-refractivity contribution is 5.95. The number of hydrogen-bond acceptors (Lipinski definition) is 4. The first-order chi connectivity index (χ1) is 13.2. The standard InChI is InChI=1S/C21H22N4O2/c1-27-19-9-5-7-17(13-19)21(10-2-3-11-21)24-20(26)16-6-4-8-18(12-16)25-14-22-23-15-25/h4-9,12-15H,2-3,10-11H2,1H3,(H,24,26). The molecular formula is C21H22N4O2. The molecule has 1 amide bonds. The highest BCUT2D eigenvalue weighted by atomic mass is 16.5. The molecule has 0 radical (unpaired) electrons. The first kappa shape index (κ1) is 17.3. The maximum Gasteiger partial charge on any atom is 0.252 e. The molecule has 27 heavy (non-hydrogen) atoms. The lowest BCUT2D eigenvalue weighted by Gasteiger charge is -2.31. The van der Waals surface area contributed by atoms with Crippen LogP contribution >= 0.6 is 0 Å². The second-order valence-electron chi connectivity index (χ2n) is 6.89. The molecule has 1 heterocycles. The molecule has 0 bridgehead atoms. The summed E-state index contributed by atoms with van der Waals surface area (Å²) in [5, 5.41) is 11.0. The van der Waals surface area contributed by atoms with Crippen molar-refractivity contribution in [2.75, 3.05) is 7.11 Å². The minimum atomic E-state index is -0.349. The van der Waals surface area contributed by atoms with Gasteiger partial charge in [-0.1, -0.05) is 31.0 Å². The summed E-state index contributed by atoms with van der Waals surface area (Å²) in [6.45, 7) is 0. The molecule has 1 fully saturated rings. The van der Waals surface area contributed by atoms with Gasteiger partial charge in [0.15, 0.2) is 0 Å². The topological polar surface area (TPSA) is 69.0 Å². The Bertz CT molecular complexity index is 931. The number of carbonyl (C=O) groups excluding carboxylic acids is 1. The van der Waals surface area contributed by atoms with Gasteiger partial charge in [-0.15, -0.1) is 10.2 Å². The van der Waals surface area contributed by atoms with E-state index in [1.807, 2.05) is 42.5 Å². The number of benzene rings is 2. The van der Waals surface area contributed by atoms with Gasteiger partial charge in [-0.2, -0.15) is 0 Å². The van der Waals surface area contributed by atoms with Crippen LogP contribution in [0.1, 0.15) is 41.6 Å². The first-order valence-corrected chi connectivity index (χ1v) is 9.12. The molecule has 0 unspecified atom stereocenters. The molecule has 3 aromatic rings. The SMILES string of the molecule is COc1cccc(C2(NC(=O)c3cccc(-n4cnnc4)c3)CCCC2)c1.